The highest BCUT2D eigenvalue weighted by Gasteiger charge is 2.10. The molecule has 0 aliphatic carbocycles. The zero-order chi connectivity index (χ0) is 9.84. The van der Waals surface area contributed by atoms with Crippen molar-refractivity contribution in [1.82, 2.24) is 0 Å². The van der Waals surface area contributed by atoms with E-state index in [1.165, 1.54) is 6.92 Å². The summed E-state index contributed by atoms with van der Waals surface area (Å²) in [6.45, 7) is 1.47. The summed E-state index contributed by atoms with van der Waals surface area (Å²) in [7, 11) is 0. The fourth-order valence-electron chi connectivity index (χ4n) is 0.874. The van der Waals surface area contributed by atoms with E-state index in [0.29, 0.717) is 4.48 Å². The summed E-state index contributed by atoms with van der Waals surface area (Å²) in [6.07, 6.45) is 0. The second-order valence-corrected chi connectivity index (χ2v) is 3.32. The van der Waals surface area contributed by atoms with Gasteiger partial charge in [-0.2, -0.15) is 0 Å². The Morgan fingerprint density at radius 1 is 1.38 bits per heavy atom. The minimum Gasteiger partial charge on any atom is -0.259 e. The van der Waals surface area contributed by atoms with Crippen LogP contribution in [0, 0.1) is 10.1 Å². The van der Waals surface area contributed by atoms with Crippen molar-refractivity contribution in [2.24, 2.45) is 0 Å². The molecule has 0 aliphatic rings. The van der Waals surface area contributed by atoms with Gasteiger partial charge in [-0.1, -0.05) is 30.3 Å². The first-order chi connectivity index (χ1) is 6.13. The average Bonchev–Trinajstić information content (AvgIpc) is 2.17. The van der Waals surface area contributed by atoms with Crippen LogP contribution in [0.1, 0.15) is 12.5 Å². The van der Waals surface area contributed by atoms with Gasteiger partial charge in [0.2, 0.25) is 0 Å². The molecule has 0 aliphatic heterocycles. The summed E-state index contributed by atoms with van der Waals surface area (Å²) in [5, 5.41) is 10.4. The molecule has 0 spiro atoms. The van der Waals surface area contributed by atoms with Crippen molar-refractivity contribution in [2.75, 3.05) is 0 Å². The van der Waals surface area contributed by atoms with E-state index >= 15 is 0 Å². The number of nitro groups is 1. The molecule has 1 rings (SSSR count). The molecule has 0 radical (unpaired) electrons. The van der Waals surface area contributed by atoms with Gasteiger partial charge in [-0.05, 0) is 21.5 Å². The molecule has 0 saturated carbocycles. The Labute approximate surface area is 84.4 Å². The van der Waals surface area contributed by atoms with Crippen LogP contribution in [0.15, 0.2) is 36.0 Å². The highest BCUT2D eigenvalue weighted by atomic mass is 79.9. The van der Waals surface area contributed by atoms with E-state index in [4.69, 9.17) is 0 Å². The Morgan fingerprint density at radius 2 is 1.92 bits per heavy atom. The van der Waals surface area contributed by atoms with Gasteiger partial charge in [0, 0.05) is 6.92 Å². The van der Waals surface area contributed by atoms with E-state index in [2.05, 4.69) is 15.9 Å². The SMILES string of the molecule is C/C(=C(/Br)c1ccccc1)[N+](=O)[O-]. The zero-order valence-corrected chi connectivity index (χ0v) is 8.61. The summed E-state index contributed by atoms with van der Waals surface area (Å²) >= 11 is 3.19. The lowest BCUT2D eigenvalue weighted by Gasteiger charge is -1.98. The Balaban J connectivity index is 3.11. The van der Waals surface area contributed by atoms with Gasteiger partial charge in [-0.3, -0.25) is 10.1 Å². The maximum absolute atomic E-state index is 10.4. The quantitative estimate of drug-likeness (QED) is 0.590. The highest BCUT2D eigenvalue weighted by molar-refractivity contribution is 9.15. The molecule has 3 nitrogen and oxygen atoms in total. The van der Waals surface area contributed by atoms with Crippen LogP contribution in [0.2, 0.25) is 0 Å². The van der Waals surface area contributed by atoms with Crippen molar-refractivity contribution < 1.29 is 4.92 Å². The molecule has 68 valence electrons. The van der Waals surface area contributed by atoms with Crippen molar-refractivity contribution in [3.8, 4) is 0 Å². The lowest BCUT2D eigenvalue weighted by Crippen LogP contribution is -1.95. The molecule has 1 aromatic carbocycles. The largest absolute Gasteiger partial charge is 0.259 e. The van der Waals surface area contributed by atoms with Gasteiger partial charge in [-0.25, -0.2) is 0 Å². The van der Waals surface area contributed by atoms with E-state index < -0.39 is 4.92 Å². The summed E-state index contributed by atoms with van der Waals surface area (Å²) in [4.78, 5) is 10.0. The van der Waals surface area contributed by atoms with Crippen LogP contribution in [0.25, 0.3) is 4.48 Å². The smallest absolute Gasteiger partial charge is 0.257 e. The van der Waals surface area contributed by atoms with Crippen LogP contribution in [0.5, 0.6) is 0 Å². The molecule has 0 atom stereocenters. The molecule has 0 fully saturated rings. The van der Waals surface area contributed by atoms with Gasteiger partial charge < -0.3 is 0 Å². The van der Waals surface area contributed by atoms with Gasteiger partial charge in [0.25, 0.3) is 5.70 Å². The molecule has 0 unspecified atom stereocenters. The van der Waals surface area contributed by atoms with Crippen molar-refractivity contribution >= 4 is 20.4 Å². The van der Waals surface area contributed by atoms with E-state index in [-0.39, 0.29) is 5.70 Å². The summed E-state index contributed by atoms with van der Waals surface area (Å²) < 4.78 is 0.526. The third kappa shape index (κ3) is 2.39. The first-order valence-corrected chi connectivity index (χ1v) is 4.48. The molecule has 13 heavy (non-hydrogen) atoms. The highest BCUT2D eigenvalue weighted by Crippen LogP contribution is 2.24. The van der Waals surface area contributed by atoms with Crippen molar-refractivity contribution in [2.45, 2.75) is 6.92 Å². The van der Waals surface area contributed by atoms with Gasteiger partial charge >= 0.3 is 0 Å². The first-order valence-electron chi connectivity index (χ1n) is 3.69. The number of halogens is 1. The molecule has 1 aromatic rings. The molecule has 0 aromatic heterocycles. The predicted octanol–water partition coefficient (Wildman–Crippen LogP) is 3.05. The van der Waals surface area contributed by atoms with E-state index in [1.54, 1.807) is 0 Å². The lowest BCUT2D eigenvalue weighted by atomic mass is 10.2. The molecular formula is C9H8BrNO2. The molecule has 0 bridgehead atoms. The average molecular weight is 242 g/mol. The number of allylic oxidation sites excluding steroid dienone is 1. The minimum atomic E-state index is -0.406. The van der Waals surface area contributed by atoms with E-state index in [0.717, 1.165) is 5.56 Å². The minimum absolute atomic E-state index is 0.117. The number of nitrogens with zero attached hydrogens (tertiary/aromatic N) is 1. The molecule has 0 amide bonds. The Kier molecular flexibility index (Phi) is 3.19. The Hall–Kier alpha value is -1.16. The van der Waals surface area contributed by atoms with Crippen molar-refractivity contribution in [3.05, 3.63) is 51.7 Å². The van der Waals surface area contributed by atoms with Gasteiger partial charge in [0.15, 0.2) is 0 Å². The summed E-state index contributed by atoms with van der Waals surface area (Å²) in [5.74, 6) is 0. The van der Waals surface area contributed by atoms with Crippen LogP contribution >= 0.6 is 15.9 Å². The van der Waals surface area contributed by atoms with Crippen LogP contribution in [0.4, 0.5) is 0 Å². The molecule has 0 N–H and O–H groups in total. The van der Waals surface area contributed by atoms with Gasteiger partial charge in [0.05, 0.1) is 9.41 Å². The maximum atomic E-state index is 10.4. The first kappa shape index (κ1) is 9.92. The number of hydrogen-bond acceptors (Lipinski definition) is 2. The fraction of sp³-hybridized carbons (Fsp3) is 0.111. The third-order valence-corrected chi connectivity index (χ3v) is 2.65. The monoisotopic (exact) mass is 241 g/mol. The number of hydrogen-bond donors (Lipinski definition) is 0. The zero-order valence-electron chi connectivity index (χ0n) is 7.03. The van der Waals surface area contributed by atoms with Crippen molar-refractivity contribution in [3.63, 3.8) is 0 Å². The van der Waals surface area contributed by atoms with Crippen LogP contribution in [-0.4, -0.2) is 4.92 Å². The fourth-order valence-corrected chi connectivity index (χ4v) is 1.28. The van der Waals surface area contributed by atoms with Crippen LogP contribution in [-0.2, 0) is 0 Å². The second-order valence-electron chi connectivity index (χ2n) is 2.52. The number of rotatable bonds is 2. The predicted molar refractivity (Wildman–Crippen MR) is 55.0 cm³/mol. The second kappa shape index (κ2) is 4.18. The Bertz CT molecular complexity index is 346. The van der Waals surface area contributed by atoms with Crippen LogP contribution < -0.4 is 0 Å². The molecule has 4 heteroatoms. The topological polar surface area (TPSA) is 43.1 Å². The maximum Gasteiger partial charge on any atom is 0.257 e. The molecule has 0 saturated heterocycles. The molecular weight excluding hydrogens is 234 g/mol. The standard InChI is InChI=1S/C9H8BrNO2/c1-7(11(12)13)9(10)8-5-3-2-4-6-8/h2-6H,1H3/b9-7-. The molecule has 0 heterocycles. The lowest BCUT2D eigenvalue weighted by molar-refractivity contribution is -0.422. The third-order valence-electron chi connectivity index (χ3n) is 1.62. The van der Waals surface area contributed by atoms with Gasteiger partial charge in [-0.15, -0.1) is 0 Å². The normalized spacial score (nSPS) is 12.2. The summed E-state index contributed by atoms with van der Waals surface area (Å²) in [6, 6.07) is 9.17. The van der Waals surface area contributed by atoms with E-state index in [9.17, 15) is 10.1 Å². The van der Waals surface area contributed by atoms with Gasteiger partial charge in [0.1, 0.15) is 0 Å². The van der Waals surface area contributed by atoms with E-state index in [1.807, 2.05) is 30.3 Å². The Morgan fingerprint density at radius 3 is 2.38 bits per heavy atom. The summed E-state index contributed by atoms with van der Waals surface area (Å²) in [5.41, 5.74) is 0.933. The number of benzene rings is 1. The van der Waals surface area contributed by atoms with Crippen molar-refractivity contribution in [1.29, 1.82) is 0 Å². The van der Waals surface area contributed by atoms with Crippen LogP contribution in [0.3, 0.4) is 0 Å².